The van der Waals surface area contributed by atoms with Crippen molar-refractivity contribution in [1.82, 2.24) is 5.32 Å². The molecule has 2 heterocycles. The maximum atomic E-state index is 12.6. The minimum atomic E-state index is -1.09. The highest BCUT2D eigenvalue weighted by atomic mass is 32.1. The van der Waals surface area contributed by atoms with Crippen LogP contribution in [-0.4, -0.2) is 37.5 Å². The number of nitrogens with one attached hydrogen (secondary N) is 2. The maximum absolute atomic E-state index is 12.6. The van der Waals surface area contributed by atoms with Gasteiger partial charge in [-0.3, -0.25) is 14.4 Å². The lowest BCUT2D eigenvalue weighted by molar-refractivity contribution is -0.152. The van der Waals surface area contributed by atoms with Crippen molar-refractivity contribution in [2.24, 2.45) is 0 Å². The molecule has 2 amide bonds. The highest BCUT2D eigenvalue weighted by molar-refractivity contribution is 7.13. The fourth-order valence-corrected chi connectivity index (χ4v) is 4.12. The summed E-state index contributed by atoms with van der Waals surface area (Å²) in [5.41, 5.74) is 1.70. The molecule has 4 aromatic rings. The van der Waals surface area contributed by atoms with Crippen LogP contribution in [-0.2, 0) is 14.3 Å². The second-order valence-electron chi connectivity index (χ2n) is 7.36. The molecule has 2 aromatic carbocycles. The van der Waals surface area contributed by atoms with Crippen LogP contribution in [0, 0.1) is 6.92 Å². The molecule has 1 atom stereocenters. The summed E-state index contributed by atoms with van der Waals surface area (Å²) in [6, 6.07) is 14.6. The average molecular weight is 467 g/mol. The number of fused-ring (bicyclic) bond motifs is 3. The Labute approximate surface area is 193 Å². The van der Waals surface area contributed by atoms with Crippen molar-refractivity contribution >= 4 is 56.7 Å². The summed E-state index contributed by atoms with van der Waals surface area (Å²) in [5.74, 6) is -1.19. The summed E-state index contributed by atoms with van der Waals surface area (Å²) in [4.78, 5) is 38.3. The first kappa shape index (κ1) is 22.3. The Balaban J connectivity index is 1.40. The summed E-state index contributed by atoms with van der Waals surface area (Å²) in [5, 5.41) is 6.99. The van der Waals surface area contributed by atoms with Gasteiger partial charge in [0, 0.05) is 21.7 Å². The van der Waals surface area contributed by atoms with Gasteiger partial charge in [0.2, 0.25) is 0 Å². The number of methoxy groups -OCH3 is 1. The molecule has 8 nitrogen and oxygen atoms in total. The summed E-state index contributed by atoms with van der Waals surface area (Å²) < 4.78 is 16.4. The lowest BCUT2D eigenvalue weighted by Gasteiger charge is -2.15. The molecule has 0 aliphatic carbocycles. The van der Waals surface area contributed by atoms with E-state index in [4.69, 9.17) is 13.9 Å². The van der Waals surface area contributed by atoms with Crippen LogP contribution in [0.4, 0.5) is 5.69 Å². The Morgan fingerprint density at radius 1 is 1.06 bits per heavy atom. The van der Waals surface area contributed by atoms with E-state index in [1.165, 1.54) is 25.4 Å². The second kappa shape index (κ2) is 9.33. The minimum absolute atomic E-state index is 0.346. The lowest BCUT2D eigenvalue weighted by Crippen LogP contribution is -2.35. The molecule has 0 bridgehead atoms. The van der Waals surface area contributed by atoms with Crippen molar-refractivity contribution in [2.45, 2.75) is 20.0 Å². The van der Waals surface area contributed by atoms with Gasteiger partial charge in [-0.25, -0.2) is 0 Å². The highest BCUT2D eigenvalue weighted by Crippen LogP contribution is 2.36. The highest BCUT2D eigenvalue weighted by Gasteiger charge is 2.21. The minimum Gasteiger partial charge on any atom is -0.495 e. The van der Waals surface area contributed by atoms with Crippen molar-refractivity contribution in [3.63, 3.8) is 0 Å². The van der Waals surface area contributed by atoms with E-state index in [-0.39, 0.29) is 12.5 Å². The summed E-state index contributed by atoms with van der Waals surface area (Å²) in [7, 11) is 1.50. The predicted octanol–water partition coefficient (Wildman–Crippen LogP) is 4.26. The number of rotatable bonds is 7. The fourth-order valence-electron chi connectivity index (χ4n) is 3.34. The van der Waals surface area contributed by atoms with E-state index in [1.807, 2.05) is 37.3 Å². The van der Waals surface area contributed by atoms with Gasteiger partial charge < -0.3 is 24.5 Å². The van der Waals surface area contributed by atoms with Gasteiger partial charge >= 0.3 is 5.97 Å². The molecule has 0 saturated heterocycles. The smallest absolute Gasteiger partial charge is 0.326 e. The average Bonchev–Trinajstić information content (AvgIpc) is 3.39. The lowest BCUT2D eigenvalue weighted by atomic mass is 10.1. The third kappa shape index (κ3) is 4.83. The second-order valence-corrected chi connectivity index (χ2v) is 8.65. The Kier molecular flexibility index (Phi) is 6.32. The molecule has 2 aromatic heterocycles. The van der Waals surface area contributed by atoms with Crippen LogP contribution >= 0.6 is 11.3 Å². The molecule has 1 unspecified atom stereocenters. The number of anilines is 1. The molecule has 2 N–H and O–H groups in total. The number of benzene rings is 2. The van der Waals surface area contributed by atoms with Gasteiger partial charge in [-0.15, -0.1) is 11.3 Å². The van der Waals surface area contributed by atoms with Gasteiger partial charge in [-0.2, -0.15) is 0 Å². The van der Waals surface area contributed by atoms with E-state index in [9.17, 15) is 14.4 Å². The standard InChI is InChI=1S/C24H22N2O6S/c1-13-8-9-21(33-13)24(29)25-12-22(27)31-14(2)23(28)26-17-11-19-16(10-20(17)30-3)15-6-4-5-7-18(15)32-19/h4-11,14H,12H2,1-3H3,(H,25,29)(H,26,28). The van der Waals surface area contributed by atoms with Gasteiger partial charge in [0.1, 0.15) is 23.5 Å². The number of furan rings is 1. The van der Waals surface area contributed by atoms with Gasteiger partial charge in [-0.05, 0) is 38.1 Å². The number of thiophene rings is 1. The molecule has 0 fully saturated rings. The van der Waals surface area contributed by atoms with Gasteiger partial charge in [0.15, 0.2) is 6.10 Å². The molecule has 0 saturated carbocycles. The van der Waals surface area contributed by atoms with Crippen LogP contribution in [0.15, 0.2) is 52.9 Å². The van der Waals surface area contributed by atoms with Crippen LogP contribution in [0.3, 0.4) is 0 Å². The number of aryl methyl sites for hydroxylation is 1. The maximum Gasteiger partial charge on any atom is 0.326 e. The van der Waals surface area contributed by atoms with E-state index < -0.39 is 18.0 Å². The number of amides is 2. The number of hydrogen-bond acceptors (Lipinski definition) is 7. The molecule has 4 rings (SSSR count). The Morgan fingerprint density at radius 3 is 2.58 bits per heavy atom. The van der Waals surface area contributed by atoms with Crippen molar-refractivity contribution in [3.8, 4) is 5.75 Å². The Bertz CT molecular complexity index is 1360. The molecule has 0 spiro atoms. The van der Waals surface area contributed by atoms with Crippen molar-refractivity contribution in [2.75, 3.05) is 19.0 Å². The first-order valence-corrected chi connectivity index (χ1v) is 11.0. The largest absolute Gasteiger partial charge is 0.495 e. The SMILES string of the molecule is COc1cc2c(cc1NC(=O)C(C)OC(=O)CNC(=O)c1ccc(C)s1)oc1ccccc12. The monoisotopic (exact) mass is 466 g/mol. The van der Waals surface area contributed by atoms with E-state index in [2.05, 4.69) is 10.6 Å². The van der Waals surface area contributed by atoms with Gasteiger partial charge in [0.25, 0.3) is 11.8 Å². The van der Waals surface area contributed by atoms with Gasteiger partial charge in [0.05, 0.1) is 17.7 Å². The zero-order valence-corrected chi connectivity index (χ0v) is 19.1. The number of esters is 1. The molecular formula is C24H22N2O6S. The quantitative estimate of drug-likeness (QED) is 0.394. The van der Waals surface area contributed by atoms with E-state index in [0.29, 0.717) is 21.9 Å². The van der Waals surface area contributed by atoms with E-state index in [1.54, 1.807) is 18.2 Å². The van der Waals surface area contributed by atoms with Crippen LogP contribution < -0.4 is 15.4 Å². The molecule has 0 radical (unpaired) electrons. The fraction of sp³-hybridized carbons (Fsp3) is 0.208. The Morgan fingerprint density at radius 2 is 1.85 bits per heavy atom. The third-order valence-corrected chi connectivity index (χ3v) is 5.99. The van der Waals surface area contributed by atoms with Crippen LogP contribution in [0.5, 0.6) is 5.75 Å². The molecule has 0 aliphatic heterocycles. The summed E-state index contributed by atoms with van der Waals surface area (Å²) in [6.45, 7) is 2.99. The van der Waals surface area contributed by atoms with Crippen molar-refractivity contribution in [1.29, 1.82) is 0 Å². The molecule has 0 aliphatic rings. The summed E-state index contributed by atoms with van der Waals surface area (Å²) in [6.07, 6.45) is -1.09. The van der Waals surface area contributed by atoms with Crippen molar-refractivity contribution in [3.05, 3.63) is 58.3 Å². The summed E-state index contributed by atoms with van der Waals surface area (Å²) >= 11 is 1.33. The predicted molar refractivity (Wildman–Crippen MR) is 126 cm³/mol. The Hall–Kier alpha value is -3.85. The molecular weight excluding hydrogens is 444 g/mol. The normalized spacial score (nSPS) is 11.8. The van der Waals surface area contributed by atoms with E-state index >= 15 is 0 Å². The third-order valence-electron chi connectivity index (χ3n) is 4.99. The molecule has 170 valence electrons. The van der Waals surface area contributed by atoms with Crippen LogP contribution in [0.1, 0.15) is 21.5 Å². The number of carbonyl (C=O) groups excluding carboxylic acids is 3. The van der Waals surface area contributed by atoms with Crippen molar-refractivity contribution < 1.29 is 28.3 Å². The number of para-hydroxylation sites is 1. The first-order chi connectivity index (χ1) is 15.9. The number of carbonyl (C=O) groups is 3. The zero-order valence-electron chi connectivity index (χ0n) is 18.3. The van der Waals surface area contributed by atoms with Crippen LogP contribution in [0.2, 0.25) is 0 Å². The van der Waals surface area contributed by atoms with Crippen LogP contribution in [0.25, 0.3) is 21.9 Å². The topological polar surface area (TPSA) is 107 Å². The van der Waals surface area contributed by atoms with Gasteiger partial charge in [-0.1, -0.05) is 18.2 Å². The number of ether oxygens (including phenoxy) is 2. The zero-order chi connectivity index (χ0) is 23.5. The number of hydrogen-bond donors (Lipinski definition) is 2. The molecule has 33 heavy (non-hydrogen) atoms. The van der Waals surface area contributed by atoms with E-state index in [0.717, 1.165) is 21.2 Å². The molecule has 9 heteroatoms. The first-order valence-electron chi connectivity index (χ1n) is 10.2.